The van der Waals surface area contributed by atoms with E-state index in [1.165, 1.54) is 0 Å². The molecule has 0 aliphatic carbocycles. The zero-order valence-electron chi connectivity index (χ0n) is 16.5. The molecule has 1 aliphatic heterocycles. The molecule has 1 aromatic rings. The predicted octanol–water partition coefficient (Wildman–Crippen LogP) is 4.55. The van der Waals surface area contributed by atoms with Gasteiger partial charge in [-0.3, -0.25) is 0 Å². The molecule has 1 unspecified atom stereocenters. The Labute approximate surface area is 157 Å². The zero-order valence-corrected chi connectivity index (χ0v) is 16.5. The first-order valence-electron chi connectivity index (χ1n) is 9.69. The van der Waals surface area contributed by atoms with Crippen molar-refractivity contribution in [2.24, 2.45) is 5.92 Å². The van der Waals surface area contributed by atoms with Crippen LogP contribution < -0.4 is 4.74 Å². The van der Waals surface area contributed by atoms with E-state index in [4.69, 9.17) is 9.47 Å². The molecular formula is C21H33NO4. The number of rotatable bonds is 6. The first-order valence-corrected chi connectivity index (χ1v) is 9.69. The summed E-state index contributed by atoms with van der Waals surface area (Å²) < 4.78 is 11.3. The number of hydrogen-bond acceptors (Lipinski definition) is 4. The molecule has 0 spiro atoms. The van der Waals surface area contributed by atoms with Crippen LogP contribution in [0, 0.1) is 5.92 Å². The maximum Gasteiger partial charge on any atom is 0.410 e. The molecule has 1 N–H and O–H groups in total. The molecule has 1 atom stereocenters. The van der Waals surface area contributed by atoms with Crippen molar-refractivity contribution in [1.29, 1.82) is 0 Å². The van der Waals surface area contributed by atoms with E-state index in [0.717, 1.165) is 37.0 Å². The van der Waals surface area contributed by atoms with Crippen LogP contribution in [0.5, 0.6) is 5.75 Å². The summed E-state index contributed by atoms with van der Waals surface area (Å²) in [5, 5.41) is 10.9. The highest BCUT2D eigenvalue weighted by molar-refractivity contribution is 5.68. The van der Waals surface area contributed by atoms with Crippen molar-refractivity contribution in [3.05, 3.63) is 29.8 Å². The number of aliphatic hydroxyl groups is 1. The van der Waals surface area contributed by atoms with Gasteiger partial charge in [0.25, 0.3) is 0 Å². The first kappa shape index (κ1) is 20.6. The van der Waals surface area contributed by atoms with Crippen LogP contribution in [0.25, 0.3) is 0 Å². The van der Waals surface area contributed by atoms with E-state index in [1.54, 1.807) is 4.90 Å². The number of nitrogens with zero attached hydrogens (tertiary/aromatic N) is 1. The lowest BCUT2D eigenvalue weighted by molar-refractivity contribution is 0.00730. The van der Waals surface area contributed by atoms with Gasteiger partial charge in [-0.25, -0.2) is 4.79 Å². The molecule has 146 valence electrons. The first-order chi connectivity index (χ1) is 12.3. The van der Waals surface area contributed by atoms with Crippen molar-refractivity contribution in [3.8, 4) is 5.75 Å². The Morgan fingerprint density at radius 1 is 1.27 bits per heavy atom. The summed E-state index contributed by atoms with van der Waals surface area (Å²) in [4.78, 5) is 13.9. The number of unbranched alkanes of at least 4 members (excludes halogenated alkanes) is 1. The molecule has 1 aromatic carbocycles. The fourth-order valence-corrected chi connectivity index (χ4v) is 3.16. The number of piperidine rings is 1. The van der Waals surface area contributed by atoms with Gasteiger partial charge in [0.1, 0.15) is 11.4 Å². The molecule has 1 amide bonds. The number of ether oxygens (including phenoxy) is 2. The van der Waals surface area contributed by atoms with Crippen molar-refractivity contribution in [2.45, 2.75) is 65.1 Å². The van der Waals surface area contributed by atoms with E-state index in [0.29, 0.717) is 19.7 Å². The number of carbonyl (C=O) groups is 1. The van der Waals surface area contributed by atoms with E-state index in [-0.39, 0.29) is 12.0 Å². The maximum absolute atomic E-state index is 12.2. The summed E-state index contributed by atoms with van der Waals surface area (Å²) in [7, 11) is 0. The van der Waals surface area contributed by atoms with Gasteiger partial charge in [-0.2, -0.15) is 0 Å². The van der Waals surface area contributed by atoms with Gasteiger partial charge in [0.2, 0.25) is 0 Å². The average Bonchev–Trinajstić information content (AvgIpc) is 2.60. The second kappa shape index (κ2) is 9.26. The average molecular weight is 363 g/mol. The molecule has 5 heteroatoms. The van der Waals surface area contributed by atoms with Crippen LogP contribution in [-0.4, -0.2) is 41.4 Å². The molecule has 1 heterocycles. The Hall–Kier alpha value is -1.75. The van der Waals surface area contributed by atoms with Crippen molar-refractivity contribution in [3.63, 3.8) is 0 Å². The van der Waals surface area contributed by atoms with E-state index in [2.05, 4.69) is 6.92 Å². The molecule has 0 aromatic heterocycles. The molecule has 0 bridgehead atoms. The molecular weight excluding hydrogens is 330 g/mol. The van der Waals surface area contributed by atoms with Crippen LogP contribution >= 0.6 is 0 Å². The highest BCUT2D eigenvalue weighted by atomic mass is 16.6. The van der Waals surface area contributed by atoms with Gasteiger partial charge in [0.15, 0.2) is 0 Å². The summed E-state index contributed by atoms with van der Waals surface area (Å²) in [6.07, 6.45) is 2.74. The molecule has 1 aliphatic rings. The van der Waals surface area contributed by atoms with Crippen LogP contribution in [-0.2, 0) is 4.74 Å². The zero-order chi connectivity index (χ0) is 19.2. The van der Waals surface area contributed by atoms with Gasteiger partial charge in [-0.15, -0.1) is 0 Å². The van der Waals surface area contributed by atoms with Crippen molar-refractivity contribution in [1.82, 2.24) is 4.90 Å². The number of carbonyl (C=O) groups excluding carboxylic acids is 1. The molecule has 26 heavy (non-hydrogen) atoms. The van der Waals surface area contributed by atoms with Gasteiger partial charge in [-0.1, -0.05) is 31.5 Å². The van der Waals surface area contributed by atoms with Crippen LogP contribution in [0.2, 0.25) is 0 Å². The minimum atomic E-state index is -0.575. The smallest absolute Gasteiger partial charge is 0.410 e. The van der Waals surface area contributed by atoms with Crippen LogP contribution in [0.4, 0.5) is 4.79 Å². The summed E-state index contributed by atoms with van der Waals surface area (Å²) in [5.74, 6) is 0.882. The summed E-state index contributed by atoms with van der Waals surface area (Å²) in [5.41, 5.74) is 0.363. The maximum atomic E-state index is 12.2. The molecule has 1 fully saturated rings. The fourth-order valence-electron chi connectivity index (χ4n) is 3.16. The normalized spacial score (nSPS) is 17.0. The molecule has 5 nitrogen and oxygen atoms in total. The van der Waals surface area contributed by atoms with Crippen molar-refractivity contribution >= 4 is 6.09 Å². The summed E-state index contributed by atoms with van der Waals surface area (Å²) in [6, 6.07) is 7.72. The third-order valence-electron chi connectivity index (χ3n) is 4.63. The lowest BCUT2D eigenvalue weighted by Gasteiger charge is -2.35. The monoisotopic (exact) mass is 363 g/mol. The number of hydrogen-bond donors (Lipinski definition) is 1. The standard InChI is InChI=1S/C21H33NO4/c1-5-6-15-25-18-10-8-7-9-17(18)19(23)16-11-13-22(14-12-16)20(24)26-21(2,3)4/h7-10,16,19,23H,5-6,11-15H2,1-4H3. The molecule has 2 rings (SSSR count). The van der Waals surface area contributed by atoms with Crippen LogP contribution in [0.3, 0.4) is 0 Å². The lowest BCUT2D eigenvalue weighted by Crippen LogP contribution is -2.42. The second-order valence-electron chi connectivity index (χ2n) is 7.99. The molecule has 0 saturated carbocycles. The van der Waals surface area contributed by atoms with Gasteiger partial charge in [0, 0.05) is 18.7 Å². The van der Waals surface area contributed by atoms with E-state index < -0.39 is 11.7 Å². The lowest BCUT2D eigenvalue weighted by atomic mass is 9.87. The highest BCUT2D eigenvalue weighted by Gasteiger charge is 2.31. The Bertz CT molecular complexity index is 574. The Morgan fingerprint density at radius 2 is 1.92 bits per heavy atom. The summed E-state index contributed by atoms with van der Waals surface area (Å²) >= 11 is 0. The number of likely N-dealkylation sites (tertiary alicyclic amines) is 1. The largest absolute Gasteiger partial charge is 0.493 e. The van der Waals surface area contributed by atoms with Crippen molar-refractivity contribution < 1.29 is 19.4 Å². The predicted molar refractivity (Wildman–Crippen MR) is 102 cm³/mol. The van der Waals surface area contributed by atoms with Gasteiger partial charge in [0.05, 0.1) is 12.7 Å². The van der Waals surface area contributed by atoms with E-state index in [1.807, 2.05) is 45.0 Å². The van der Waals surface area contributed by atoms with E-state index in [9.17, 15) is 9.90 Å². The minimum absolute atomic E-state index is 0.115. The molecule has 0 radical (unpaired) electrons. The van der Waals surface area contributed by atoms with Gasteiger partial charge in [-0.05, 0) is 52.0 Å². The quantitative estimate of drug-likeness (QED) is 0.754. The second-order valence-corrected chi connectivity index (χ2v) is 7.99. The minimum Gasteiger partial charge on any atom is -0.493 e. The van der Waals surface area contributed by atoms with Crippen LogP contribution in [0.15, 0.2) is 24.3 Å². The molecule has 1 saturated heterocycles. The number of benzene rings is 1. The van der Waals surface area contributed by atoms with Gasteiger partial charge < -0.3 is 19.5 Å². The van der Waals surface area contributed by atoms with E-state index >= 15 is 0 Å². The third kappa shape index (κ3) is 5.90. The van der Waals surface area contributed by atoms with Crippen LogP contribution in [0.1, 0.15) is 65.0 Å². The Balaban J connectivity index is 1.94. The SMILES string of the molecule is CCCCOc1ccccc1C(O)C1CCN(C(=O)OC(C)(C)C)CC1. The number of para-hydroxylation sites is 1. The Morgan fingerprint density at radius 3 is 2.54 bits per heavy atom. The Kier molecular flexibility index (Phi) is 7.33. The topological polar surface area (TPSA) is 59.0 Å². The highest BCUT2D eigenvalue weighted by Crippen LogP contribution is 2.35. The third-order valence-corrected chi connectivity index (χ3v) is 4.63. The fraction of sp³-hybridized carbons (Fsp3) is 0.667. The van der Waals surface area contributed by atoms with Crippen molar-refractivity contribution in [2.75, 3.05) is 19.7 Å². The number of amides is 1. The number of aliphatic hydroxyl groups excluding tert-OH is 1. The summed E-state index contributed by atoms with van der Waals surface area (Å²) in [6.45, 7) is 9.62. The van der Waals surface area contributed by atoms with Gasteiger partial charge >= 0.3 is 6.09 Å².